The van der Waals surface area contributed by atoms with Crippen LogP contribution in [0.5, 0.6) is 0 Å². The molecule has 1 N–H and O–H groups in total. The molecule has 0 aromatic heterocycles. The summed E-state index contributed by atoms with van der Waals surface area (Å²) in [4.78, 5) is 0. The van der Waals surface area contributed by atoms with Crippen LogP contribution < -0.4 is 0 Å². The van der Waals surface area contributed by atoms with Crippen LogP contribution in [0.15, 0.2) is 30.3 Å². The molecule has 2 heterocycles. The molecule has 21 heavy (non-hydrogen) atoms. The van der Waals surface area contributed by atoms with Gasteiger partial charge in [0.25, 0.3) is 0 Å². The van der Waals surface area contributed by atoms with E-state index in [1.807, 2.05) is 30.3 Å². The summed E-state index contributed by atoms with van der Waals surface area (Å²) in [5, 5.41) is 11.4. The van der Waals surface area contributed by atoms with Crippen molar-refractivity contribution in [1.29, 1.82) is 0 Å². The third-order valence-electron chi connectivity index (χ3n) is 4.98. The Morgan fingerprint density at radius 1 is 1.29 bits per heavy atom. The average Bonchev–Trinajstić information content (AvgIpc) is 2.96. The fourth-order valence-corrected chi connectivity index (χ4v) is 4.04. The van der Waals surface area contributed by atoms with E-state index in [-0.39, 0.29) is 11.5 Å². The maximum atomic E-state index is 11.4. The molecule has 2 aliphatic rings. The highest BCUT2D eigenvalue weighted by molar-refractivity contribution is 6.17. The maximum absolute atomic E-state index is 11.4. The van der Waals surface area contributed by atoms with Crippen LogP contribution in [0, 0.1) is 5.92 Å². The second kappa shape index (κ2) is 6.25. The molecule has 0 radical (unpaired) electrons. The maximum Gasteiger partial charge on any atom is 0.0940 e. The minimum atomic E-state index is -0.873. The summed E-state index contributed by atoms with van der Waals surface area (Å²) in [6.07, 6.45) is 3.20. The third-order valence-corrected chi connectivity index (χ3v) is 5.17. The molecule has 3 rings (SSSR count). The molecular formula is C17H23ClO3. The highest BCUT2D eigenvalue weighted by Crippen LogP contribution is 2.45. The van der Waals surface area contributed by atoms with Crippen LogP contribution in [0.4, 0.5) is 0 Å². The number of hydrogen-bond acceptors (Lipinski definition) is 3. The summed E-state index contributed by atoms with van der Waals surface area (Å²) in [6.45, 7) is 2.09. The predicted octanol–water partition coefficient (Wildman–Crippen LogP) is 3.09. The van der Waals surface area contributed by atoms with Gasteiger partial charge in [-0.15, -0.1) is 11.6 Å². The van der Waals surface area contributed by atoms with Gasteiger partial charge in [-0.1, -0.05) is 30.3 Å². The van der Waals surface area contributed by atoms with Crippen LogP contribution >= 0.6 is 11.6 Å². The van der Waals surface area contributed by atoms with Crippen molar-refractivity contribution in [2.75, 3.05) is 25.7 Å². The lowest BCUT2D eigenvalue weighted by Gasteiger charge is -2.45. The first-order valence-corrected chi connectivity index (χ1v) is 8.28. The molecule has 3 atom stereocenters. The number of rotatable bonds is 4. The van der Waals surface area contributed by atoms with Gasteiger partial charge in [0.1, 0.15) is 0 Å². The van der Waals surface area contributed by atoms with Crippen LogP contribution in [0.25, 0.3) is 0 Å². The summed E-state index contributed by atoms with van der Waals surface area (Å²) < 4.78 is 11.5. The third kappa shape index (κ3) is 2.98. The van der Waals surface area contributed by atoms with Gasteiger partial charge in [-0.2, -0.15) is 0 Å². The van der Waals surface area contributed by atoms with Crippen molar-refractivity contribution >= 4 is 11.6 Å². The SMILES string of the molecule is OC(CCCl)(c1ccccc1)C1CCOC2(CCOC2)C1. The van der Waals surface area contributed by atoms with Gasteiger partial charge in [0.05, 0.1) is 17.8 Å². The molecule has 1 spiro atoms. The fraction of sp³-hybridized carbons (Fsp3) is 0.647. The standard InChI is InChI=1S/C17H23ClO3/c18-9-7-17(19,14-4-2-1-3-5-14)15-6-10-21-16(12-15)8-11-20-13-16/h1-5,15,19H,6-13H2. The van der Waals surface area contributed by atoms with E-state index in [9.17, 15) is 5.11 Å². The van der Waals surface area contributed by atoms with Crippen LogP contribution in [0.1, 0.15) is 31.2 Å². The van der Waals surface area contributed by atoms with Gasteiger partial charge >= 0.3 is 0 Å². The molecule has 116 valence electrons. The lowest BCUT2D eigenvalue weighted by molar-refractivity contribution is -0.146. The highest BCUT2D eigenvalue weighted by Gasteiger charge is 2.48. The Kier molecular flexibility index (Phi) is 4.55. The normalized spacial score (nSPS) is 32.2. The minimum absolute atomic E-state index is 0.161. The van der Waals surface area contributed by atoms with Crippen molar-refractivity contribution in [2.24, 2.45) is 5.92 Å². The number of ether oxygens (including phenoxy) is 2. The average molecular weight is 311 g/mol. The van der Waals surface area contributed by atoms with Crippen LogP contribution in [-0.4, -0.2) is 36.4 Å². The number of hydrogen-bond donors (Lipinski definition) is 1. The number of benzene rings is 1. The quantitative estimate of drug-likeness (QED) is 0.869. The van der Waals surface area contributed by atoms with Gasteiger partial charge in [-0.05, 0) is 30.7 Å². The molecular weight excluding hydrogens is 288 g/mol. The molecule has 4 heteroatoms. The number of alkyl halides is 1. The largest absolute Gasteiger partial charge is 0.385 e. The van der Waals surface area contributed by atoms with Gasteiger partial charge in [0.15, 0.2) is 0 Å². The molecule has 2 aliphatic heterocycles. The lowest BCUT2D eigenvalue weighted by atomic mass is 9.71. The van der Waals surface area contributed by atoms with Crippen molar-refractivity contribution in [3.63, 3.8) is 0 Å². The van der Waals surface area contributed by atoms with E-state index in [1.54, 1.807) is 0 Å². The summed E-state index contributed by atoms with van der Waals surface area (Å²) >= 11 is 5.99. The molecule has 0 amide bonds. The summed E-state index contributed by atoms with van der Waals surface area (Å²) in [7, 11) is 0. The molecule has 3 unspecified atom stereocenters. The lowest BCUT2D eigenvalue weighted by Crippen LogP contribution is -2.47. The van der Waals surface area contributed by atoms with Crippen molar-refractivity contribution in [2.45, 2.75) is 36.9 Å². The second-order valence-electron chi connectivity index (χ2n) is 6.25. The zero-order chi connectivity index (χ0) is 14.8. The van der Waals surface area contributed by atoms with E-state index >= 15 is 0 Å². The predicted molar refractivity (Wildman–Crippen MR) is 82.5 cm³/mol. The van der Waals surface area contributed by atoms with Crippen molar-refractivity contribution < 1.29 is 14.6 Å². The van der Waals surface area contributed by atoms with Crippen molar-refractivity contribution in [1.82, 2.24) is 0 Å². The number of halogens is 1. The Bertz CT molecular complexity index is 458. The highest BCUT2D eigenvalue weighted by atomic mass is 35.5. The Balaban J connectivity index is 1.86. The first-order valence-electron chi connectivity index (χ1n) is 7.74. The van der Waals surface area contributed by atoms with Crippen LogP contribution in [0.3, 0.4) is 0 Å². The molecule has 0 aliphatic carbocycles. The first kappa shape index (κ1) is 15.3. The van der Waals surface area contributed by atoms with Gasteiger partial charge in [-0.25, -0.2) is 0 Å². The first-order chi connectivity index (χ1) is 10.2. The zero-order valence-electron chi connectivity index (χ0n) is 12.3. The fourth-order valence-electron chi connectivity index (χ4n) is 3.75. The van der Waals surface area contributed by atoms with Crippen LogP contribution in [-0.2, 0) is 15.1 Å². The summed E-state index contributed by atoms with van der Waals surface area (Å²) in [5.41, 5.74) is -0.105. The second-order valence-corrected chi connectivity index (χ2v) is 6.63. The molecule has 1 aromatic carbocycles. The van der Waals surface area contributed by atoms with E-state index in [4.69, 9.17) is 21.1 Å². The zero-order valence-corrected chi connectivity index (χ0v) is 13.0. The van der Waals surface area contributed by atoms with Gasteiger partial charge in [0, 0.05) is 25.5 Å². The summed E-state index contributed by atoms with van der Waals surface area (Å²) in [6, 6.07) is 9.92. The van der Waals surface area contributed by atoms with E-state index < -0.39 is 5.60 Å². The summed E-state index contributed by atoms with van der Waals surface area (Å²) in [5.74, 6) is 0.612. The smallest absolute Gasteiger partial charge is 0.0940 e. The Labute approximate surface area is 131 Å². The van der Waals surface area contributed by atoms with Crippen molar-refractivity contribution in [3.8, 4) is 0 Å². The van der Waals surface area contributed by atoms with Gasteiger partial charge < -0.3 is 14.6 Å². The Morgan fingerprint density at radius 3 is 2.76 bits per heavy atom. The Hall–Kier alpha value is -0.610. The monoisotopic (exact) mass is 310 g/mol. The molecule has 0 saturated carbocycles. The van der Waals surface area contributed by atoms with Gasteiger partial charge in [0.2, 0.25) is 0 Å². The minimum Gasteiger partial charge on any atom is -0.385 e. The Morgan fingerprint density at radius 2 is 2.10 bits per heavy atom. The van der Waals surface area contributed by atoms with E-state index in [0.29, 0.717) is 25.5 Å². The molecule has 2 saturated heterocycles. The molecule has 2 fully saturated rings. The topological polar surface area (TPSA) is 38.7 Å². The van der Waals surface area contributed by atoms with Crippen molar-refractivity contribution in [3.05, 3.63) is 35.9 Å². The van der Waals surface area contributed by atoms with E-state index in [2.05, 4.69) is 0 Å². The molecule has 1 aromatic rings. The molecule has 0 bridgehead atoms. The number of aliphatic hydroxyl groups is 1. The molecule has 3 nitrogen and oxygen atoms in total. The van der Waals surface area contributed by atoms with E-state index in [1.165, 1.54) is 0 Å². The van der Waals surface area contributed by atoms with E-state index in [0.717, 1.165) is 31.4 Å². The van der Waals surface area contributed by atoms with Gasteiger partial charge in [-0.3, -0.25) is 0 Å². The van der Waals surface area contributed by atoms with Crippen LogP contribution in [0.2, 0.25) is 0 Å².